The summed E-state index contributed by atoms with van der Waals surface area (Å²) >= 11 is 0. The monoisotopic (exact) mass is 659 g/mol. The fourth-order valence-corrected chi connectivity index (χ4v) is 4.33. The van der Waals surface area contributed by atoms with Crippen LogP contribution in [0.25, 0.3) is 0 Å². The largest absolute Gasteiger partial charge is 0.490 e. The minimum Gasteiger partial charge on any atom is -0.480 e. The van der Waals surface area contributed by atoms with E-state index in [-0.39, 0.29) is 24.1 Å². The summed E-state index contributed by atoms with van der Waals surface area (Å²) in [7, 11) is 0. The summed E-state index contributed by atoms with van der Waals surface area (Å²) in [6, 6.07) is 20.9. The lowest BCUT2D eigenvalue weighted by molar-refractivity contribution is -0.192. The van der Waals surface area contributed by atoms with E-state index in [1.54, 1.807) is 12.3 Å². The molecule has 0 bridgehead atoms. The number of guanidine groups is 1. The number of alkyl halides is 3. The Hall–Kier alpha value is -5.14. The van der Waals surface area contributed by atoms with Gasteiger partial charge < -0.3 is 30.7 Å². The van der Waals surface area contributed by atoms with Crippen LogP contribution in [0, 0.1) is 0 Å². The van der Waals surface area contributed by atoms with Crippen molar-refractivity contribution in [2.75, 3.05) is 6.54 Å². The first kappa shape index (κ1) is 38.0. The van der Waals surface area contributed by atoms with E-state index in [4.69, 9.17) is 9.90 Å². The standard InChI is InChI=1S/C31H39N5O4.C2HF3O2/c1-21(2)33-31(34-22(3)4)32-19-11-18-26(30(39)40)35-28(37)25-17-12-20-36(29(25)38)27(23-13-7-5-8-14-23)24-15-9-6-10-16-24;3-2(4,5)1(6)7/h5-10,12-17,20-22,26-27H,11,18-19H2,1-4H3,(H,35,37)(H,39,40)(H2,32,33,34);(H,6,7)/t26-;/m0./s1. The fourth-order valence-electron chi connectivity index (χ4n) is 4.33. The number of hydrogen-bond acceptors (Lipinski definition) is 5. The molecule has 0 aliphatic rings. The van der Waals surface area contributed by atoms with E-state index in [0.717, 1.165) is 11.1 Å². The molecule has 1 aromatic heterocycles. The average molecular weight is 660 g/mol. The van der Waals surface area contributed by atoms with Gasteiger partial charge in [-0.1, -0.05) is 60.7 Å². The zero-order chi connectivity index (χ0) is 35.1. The van der Waals surface area contributed by atoms with E-state index in [0.29, 0.717) is 18.9 Å². The van der Waals surface area contributed by atoms with E-state index in [9.17, 15) is 32.7 Å². The van der Waals surface area contributed by atoms with Crippen molar-refractivity contribution >= 4 is 23.8 Å². The lowest BCUT2D eigenvalue weighted by atomic mass is 9.98. The molecule has 5 N–H and O–H groups in total. The third-order valence-corrected chi connectivity index (χ3v) is 6.35. The van der Waals surface area contributed by atoms with Gasteiger partial charge in [0.1, 0.15) is 11.6 Å². The molecule has 1 heterocycles. The number of pyridine rings is 1. The normalized spacial score (nSPS) is 11.7. The van der Waals surface area contributed by atoms with Gasteiger partial charge in [0.05, 0.1) is 6.04 Å². The number of nitrogens with one attached hydrogen (secondary N) is 3. The second-order valence-electron chi connectivity index (χ2n) is 11.0. The predicted octanol–water partition coefficient (Wildman–Crippen LogP) is 4.43. The van der Waals surface area contributed by atoms with Gasteiger partial charge in [-0.3, -0.25) is 14.6 Å². The van der Waals surface area contributed by atoms with E-state index in [2.05, 4.69) is 20.9 Å². The SMILES string of the molecule is CC(C)NC(=NCCC[C@H](NC(=O)c1cccn(C(c2ccccc2)c2ccccc2)c1=O)C(=O)O)NC(C)C.O=C(O)C(F)(F)F. The first-order valence-electron chi connectivity index (χ1n) is 14.8. The minimum absolute atomic E-state index is 0.117. The van der Waals surface area contributed by atoms with Gasteiger partial charge in [0.15, 0.2) is 5.96 Å². The summed E-state index contributed by atoms with van der Waals surface area (Å²) in [5, 5.41) is 25.9. The van der Waals surface area contributed by atoms with Crippen LogP contribution < -0.4 is 21.5 Å². The molecule has 0 fully saturated rings. The van der Waals surface area contributed by atoms with Crippen LogP contribution >= 0.6 is 0 Å². The molecule has 14 heteroatoms. The summed E-state index contributed by atoms with van der Waals surface area (Å²) in [4.78, 5) is 52.1. The van der Waals surface area contributed by atoms with Crippen molar-refractivity contribution < 1.29 is 37.8 Å². The number of aliphatic carboxylic acids is 2. The Kier molecular flexibility index (Phi) is 14.7. The van der Waals surface area contributed by atoms with Gasteiger partial charge in [0, 0.05) is 24.8 Å². The van der Waals surface area contributed by atoms with Crippen molar-refractivity contribution in [1.82, 2.24) is 20.5 Å². The van der Waals surface area contributed by atoms with Crippen LogP contribution in [-0.2, 0) is 9.59 Å². The zero-order valence-corrected chi connectivity index (χ0v) is 26.5. The second-order valence-corrected chi connectivity index (χ2v) is 11.0. The molecule has 11 nitrogen and oxygen atoms in total. The number of hydrogen-bond donors (Lipinski definition) is 5. The number of carboxylic acids is 2. The molecule has 0 spiro atoms. The number of amides is 1. The van der Waals surface area contributed by atoms with Crippen LogP contribution in [0.2, 0.25) is 0 Å². The molecular formula is C33H40F3N5O6. The molecule has 0 radical (unpaired) electrons. The Morgan fingerprint density at radius 1 is 0.809 bits per heavy atom. The summed E-state index contributed by atoms with van der Waals surface area (Å²) < 4.78 is 33.2. The molecule has 0 aliphatic heterocycles. The Bertz CT molecular complexity index is 1490. The molecule has 47 heavy (non-hydrogen) atoms. The third-order valence-electron chi connectivity index (χ3n) is 6.35. The molecular weight excluding hydrogens is 619 g/mol. The number of rotatable bonds is 12. The molecule has 0 unspecified atom stereocenters. The number of halogens is 3. The van der Waals surface area contributed by atoms with Crippen molar-refractivity contribution in [2.24, 2.45) is 4.99 Å². The Morgan fingerprint density at radius 2 is 1.30 bits per heavy atom. The number of aromatic nitrogens is 1. The van der Waals surface area contributed by atoms with Gasteiger partial charge in [-0.25, -0.2) is 9.59 Å². The van der Waals surface area contributed by atoms with Crippen LogP contribution in [0.15, 0.2) is 88.8 Å². The zero-order valence-electron chi connectivity index (χ0n) is 26.5. The lowest BCUT2D eigenvalue weighted by Gasteiger charge is -2.22. The topological polar surface area (TPSA) is 162 Å². The Morgan fingerprint density at radius 3 is 1.72 bits per heavy atom. The van der Waals surface area contributed by atoms with Gasteiger partial charge in [0.2, 0.25) is 0 Å². The second kappa shape index (κ2) is 18.1. The molecule has 254 valence electrons. The van der Waals surface area contributed by atoms with Crippen LogP contribution in [0.1, 0.15) is 68.1 Å². The van der Waals surface area contributed by atoms with E-state index in [1.165, 1.54) is 10.6 Å². The smallest absolute Gasteiger partial charge is 0.480 e. The predicted molar refractivity (Wildman–Crippen MR) is 171 cm³/mol. The van der Waals surface area contributed by atoms with Crippen molar-refractivity contribution in [3.8, 4) is 0 Å². The van der Waals surface area contributed by atoms with Crippen molar-refractivity contribution in [3.05, 3.63) is 106 Å². The van der Waals surface area contributed by atoms with Gasteiger partial charge in [-0.2, -0.15) is 13.2 Å². The summed E-state index contributed by atoms with van der Waals surface area (Å²) in [6.07, 6.45) is -2.84. The van der Waals surface area contributed by atoms with Gasteiger partial charge >= 0.3 is 18.1 Å². The number of carboxylic acid groups (broad SMARTS) is 2. The first-order chi connectivity index (χ1) is 22.1. The molecule has 0 saturated carbocycles. The van der Waals surface area contributed by atoms with Crippen molar-refractivity contribution in [3.63, 3.8) is 0 Å². The highest BCUT2D eigenvalue weighted by molar-refractivity contribution is 5.96. The molecule has 0 saturated heterocycles. The first-order valence-corrected chi connectivity index (χ1v) is 14.8. The summed E-state index contributed by atoms with van der Waals surface area (Å²) in [5.74, 6) is -4.00. The molecule has 1 amide bonds. The van der Waals surface area contributed by atoms with Gasteiger partial charge in [-0.15, -0.1) is 0 Å². The van der Waals surface area contributed by atoms with Crippen LogP contribution in [0.3, 0.4) is 0 Å². The molecule has 2 aromatic carbocycles. The van der Waals surface area contributed by atoms with Crippen LogP contribution in [0.5, 0.6) is 0 Å². The third kappa shape index (κ3) is 12.6. The summed E-state index contributed by atoms with van der Waals surface area (Å²) in [6.45, 7) is 8.41. The molecule has 3 rings (SSSR count). The number of carbonyl (C=O) groups is 3. The maximum atomic E-state index is 13.6. The highest BCUT2D eigenvalue weighted by Gasteiger charge is 2.38. The lowest BCUT2D eigenvalue weighted by Crippen LogP contribution is -2.44. The highest BCUT2D eigenvalue weighted by atomic mass is 19.4. The van der Waals surface area contributed by atoms with Crippen molar-refractivity contribution in [2.45, 2.75) is 70.9 Å². The highest BCUT2D eigenvalue weighted by Crippen LogP contribution is 2.25. The molecule has 1 atom stereocenters. The Labute approximate surface area is 270 Å². The van der Waals surface area contributed by atoms with Gasteiger partial charge in [0.25, 0.3) is 11.5 Å². The Balaban J connectivity index is 0.000000984. The van der Waals surface area contributed by atoms with E-state index >= 15 is 0 Å². The maximum absolute atomic E-state index is 13.6. The maximum Gasteiger partial charge on any atom is 0.490 e. The van der Waals surface area contributed by atoms with Crippen LogP contribution in [-0.4, -0.2) is 69.4 Å². The average Bonchev–Trinajstić information content (AvgIpc) is 2.99. The van der Waals surface area contributed by atoms with Crippen molar-refractivity contribution in [1.29, 1.82) is 0 Å². The number of nitrogens with zero attached hydrogens (tertiary/aromatic N) is 2. The van der Waals surface area contributed by atoms with Crippen LogP contribution in [0.4, 0.5) is 13.2 Å². The minimum atomic E-state index is -5.08. The quantitative estimate of drug-likeness (QED) is 0.108. The fraction of sp³-hybridized carbons (Fsp3) is 0.364. The number of aliphatic imine (C=N–C) groups is 1. The summed E-state index contributed by atoms with van der Waals surface area (Å²) in [5.41, 5.74) is 1.15. The molecule has 3 aromatic rings. The number of carbonyl (C=O) groups excluding carboxylic acids is 1. The van der Waals surface area contributed by atoms with Gasteiger partial charge in [-0.05, 0) is 63.8 Å². The van der Waals surface area contributed by atoms with E-state index < -0.39 is 41.7 Å². The van der Waals surface area contributed by atoms with E-state index in [1.807, 2.05) is 88.4 Å². The molecule has 0 aliphatic carbocycles. The number of benzene rings is 2.